The van der Waals surface area contributed by atoms with Crippen molar-refractivity contribution in [3.63, 3.8) is 0 Å². The third-order valence-electron chi connectivity index (χ3n) is 5.57. The number of anilines is 1. The number of halogens is 1. The topological polar surface area (TPSA) is 87.5 Å². The second kappa shape index (κ2) is 11.0. The van der Waals surface area contributed by atoms with Crippen molar-refractivity contribution in [1.82, 2.24) is 14.8 Å². The number of aromatic nitrogens is 3. The van der Waals surface area contributed by atoms with Crippen molar-refractivity contribution in [3.05, 3.63) is 77.0 Å². The molecule has 1 aromatic heterocycles. The Morgan fingerprint density at radius 3 is 2.57 bits per heavy atom. The van der Waals surface area contributed by atoms with Crippen LogP contribution in [0.5, 0.6) is 11.5 Å². The van der Waals surface area contributed by atoms with E-state index in [1.807, 2.05) is 32.0 Å². The molecule has 1 atom stereocenters. The summed E-state index contributed by atoms with van der Waals surface area (Å²) in [5.74, 6) is 0.941. The standard InChI is InChI=1S/C26H29FN4O4/c1-4-7-20-23(25(32)34-6-3)24(31-26(30-20)28-16-29-31)18-10-13-21(22(14-18)33-5-2)35-15-17-8-11-19(27)12-9-17/h8-14,16,24H,4-7,15H2,1-3H3,(H,28,29,30)/t24-/m0/s1. The van der Waals surface area contributed by atoms with Crippen LogP contribution in [-0.4, -0.2) is 33.9 Å². The molecule has 0 saturated heterocycles. The largest absolute Gasteiger partial charge is 0.490 e. The predicted octanol–water partition coefficient (Wildman–Crippen LogP) is 5.03. The van der Waals surface area contributed by atoms with Gasteiger partial charge in [-0.1, -0.05) is 31.5 Å². The van der Waals surface area contributed by atoms with Crippen LogP contribution in [0.3, 0.4) is 0 Å². The van der Waals surface area contributed by atoms with E-state index in [0.717, 1.165) is 23.2 Å². The Hall–Kier alpha value is -3.88. The summed E-state index contributed by atoms with van der Waals surface area (Å²) in [4.78, 5) is 17.4. The first-order valence-electron chi connectivity index (χ1n) is 11.8. The van der Waals surface area contributed by atoms with Gasteiger partial charge in [0, 0.05) is 5.70 Å². The lowest BCUT2D eigenvalue weighted by molar-refractivity contribution is -0.139. The van der Waals surface area contributed by atoms with Gasteiger partial charge < -0.3 is 19.5 Å². The second-order valence-electron chi connectivity index (χ2n) is 7.97. The number of fused-ring (bicyclic) bond motifs is 1. The molecule has 0 unspecified atom stereocenters. The van der Waals surface area contributed by atoms with E-state index in [4.69, 9.17) is 14.2 Å². The molecule has 2 heterocycles. The lowest BCUT2D eigenvalue weighted by Gasteiger charge is -2.29. The Kier molecular flexibility index (Phi) is 7.64. The van der Waals surface area contributed by atoms with Crippen molar-refractivity contribution in [2.75, 3.05) is 18.5 Å². The molecule has 0 bridgehead atoms. The van der Waals surface area contributed by atoms with Crippen LogP contribution >= 0.6 is 0 Å². The third kappa shape index (κ3) is 5.29. The maximum atomic E-state index is 13.2. The number of esters is 1. The third-order valence-corrected chi connectivity index (χ3v) is 5.57. The molecule has 0 radical (unpaired) electrons. The van der Waals surface area contributed by atoms with Gasteiger partial charge in [-0.2, -0.15) is 10.1 Å². The van der Waals surface area contributed by atoms with E-state index in [0.29, 0.717) is 36.0 Å². The number of nitrogens with zero attached hydrogens (tertiary/aromatic N) is 3. The maximum Gasteiger partial charge on any atom is 0.338 e. The molecule has 8 nitrogen and oxygen atoms in total. The minimum absolute atomic E-state index is 0.259. The van der Waals surface area contributed by atoms with Crippen molar-refractivity contribution in [2.24, 2.45) is 0 Å². The molecule has 2 aromatic carbocycles. The molecule has 3 aromatic rings. The first-order chi connectivity index (χ1) is 17.0. The number of allylic oxidation sites excluding steroid dienone is 1. The number of ether oxygens (including phenoxy) is 3. The van der Waals surface area contributed by atoms with Crippen LogP contribution in [0.2, 0.25) is 0 Å². The van der Waals surface area contributed by atoms with Crippen molar-refractivity contribution >= 4 is 11.9 Å². The van der Waals surface area contributed by atoms with E-state index in [2.05, 4.69) is 15.4 Å². The second-order valence-corrected chi connectivity index (χ2v) is 7.97. The average molecular weight is 481 g/mol. The Balaban J connectivity index is 1.72. The van der Waals surface area contributed by atoms with E-state index >= 15 is 0 Å². The summed E-state index contributed by atoms with van der Waals surface area (Å²) in [7, 11) is 0. The zero-order valence-electron chi connectivity index (χ0n) is 20.1. The van der Waals surface area contributed by atoms with Crippen LogP contribution in [0.15, 0.2) is 60.1 Å². The molecular weight excluding hydrogens is 451 g/mol. The van der Waals surface area contributed by atoms with Crippen LogP contribution in [0, 0.1) is 5.82 Å². The summed E-state index contributed by atoms with van der Waals surface area (Å²) in [6.45, 7) is 6.67. The van der Waals surface area contributed by atoms with E-state index in [1.54, 1.807) is 23.7 Å². The van der Waals surface area contributed by atoms with E-state index < -0.39 is 12.0 Å². The Bertz CT molecular complexity index is 1210. The molecule has 0 amide bonds. The number of hydrogen-bond acceptors (Lipinski definition) is 7. The minimum atomic E-state index is -0.542. The maximum absolute atomic E-state index is 13.2. The Morgan fingerprint density at radius 1 is 1.06 bits per heavy atom. The zero-order valence-corrected chi connectivity index (χ0v) is 20.1. The van der Waals surface area contributed by atoms with Gasteiger partial charge in [0.25, 0.3) is 0 Å². The molecule has 1 aliphatic heterocycles. The molecule has 4 rings (SSSR count). The van der Waals surface area contributed by atoms with Crippen LogP contribution < -0.4 is 14.8 Å². The molecule has 9 heteroatoms. The monoisotopic (exact) mass is 480 g/mol. The highest BCUT2D eigenvalue weighted by Crippen LogP contribution is 2.40. The predicted molar refractivity (Wildman–Crippen MR) is 129 cm³/mol. The molecule has 0 spiro atoms. The fourth-order valence-electron chi connectivity index (χ4n) is 4.04. The van der Waals surface area contributed by atoms with Gasteiger partial charge in [0.15, 0.2) is 11.5 Å². The van der Waals surface area contributed by atoms with E-state index in [-0.39, 0.29) is 19.0 Å². The van der Waals surface area contributed by atoms with Crippen LogP contribution in [-0.2, 0) is 16.1 Å². The molecule has 0 saturated carbocycles. The SMILES string of the molecule is CCCC1=C(C(=O)OCC)[C@H](c2ccc(OCc3ccc(F)cc3)c(OCC)c2)n2ncnc2N1. The first kappa shape index (κ1) is 24.3. The molecule has 184 valence electrons. The van der Waals surface area contributed by atoms with Crippen molar-refractivity contribution in [2.45, 2.75) is 46.3 Å². The summed E-state index contributed by atoms with van der Waals surface area (Å²) in [6.07, 6.45) is 2.96. The number of rotatable bonds is 10. The molecule has 0 fully saturated rings. The molecule has 1 N–H and O–H groups in total. The number of hydrogen-bond donors (Lipinski definition) is 1. The van der Waals surface area contributed by atoms with Crippen molar-refractivity contribution in [1.29, 1.82) is 0 Å². The molecule has 1 aliphatic rings. The van der Waals surface area contributed by atoms with Crippen LogP contribution in [0.25, 0.3) is 0 Å². The van der Waals surface area contributed by atoms with Gasteiger partial charge in [0.1, 0.15) is 24.8 Å². The fourth-order valence-corrected chi connectivity index (χ4v) is 4.04. The summed E-state index contributed by atoms with van der Waals surface area (Å²) >= 11 is 0. The van der Waals surface area contributed by atoms with E-state index in [9.17, 15) is 9.18 Å². The summed E-state index contributed by atoms with van der Waals surface area (Å²) in [5, 5.41) is 7.63. The van der Waals surface area contributed by atoms with Gasteiger partial charge in [-0.25, -0.2) is 13.9 Å². The smallest absolute Gasteiger partial charge is 0.338 e. The highest BCUT2D eigenvalue weighted by molar-refractivity contribution is 5.92. The number of benzene rings is 2. The highest BCUT2D eigenvalue weighted by atomic mass is 19.1. The Morgan fingerprint density at radius 2 is 1.86 bits per heavy atom. The zero-order chi connectivity index (χ0) is 24.8. The van der Waals surface area contributed by atoms with Gasteiger partial charge in [-0.05, 0) is 55.7 Å². The normalized spacial score (nSPS) is 14.8. The highest BCUT2D eigenvalue weighted by Gasteiger charge is 2.35. The van der Waals surface area contributed by atoms with Crippen LogP contribution in [0.1, 0.15) is 50.8 Å². The number of carbonyl (C=O) groups excluding carboxylic acids is 1. The number of carbonyl (C=O) groups is 1. The average Bonchev–Trinajstić information content (AvgIpc) is 3.32. The lowest BCUT2D eigenvalue weighted by Crippen LogP contribution is -2.30. The van der Waals surface area contributed by atoms with Gasteiger partial charge in [0.05, 0.1) is 18.8 Å². The van der Waals surface area contributed by atoms with Gasteiger partial charge in [0.2, 0.25) is 5.95 Å². The molecule has 0 aliphatic carbocycles. The first-order valence-corrected chi connectivity index (χ1v) is 11.8. The summed E-state index contributed by atoms with van der Waals surface area (Å²) < 4.78 is 32.2. The quantitative estimate of drug-likeness (QED) is 0.407. The molecule has 35 heavy (non-hydrogen) atoms. The van der Waals surface area contributed by atoms with E-state index in [1.165, 1.54) is 18.5 Å². The van der Waals surface area contributed by atoms with Crippen LogP contribution in [0.4, 0.5) is 10.3 Å². The molecular formula is C26H29FN4O4. The van der Waals surface area contributed by atoms with Gasteiger partial charge in [-0.15, -0.1) is 0 Å². The summed E-state index contributed by atoms with van der Waals surface area (Å²) in [6, 6.07) is 11.2. The number of nitrogens with one attached hydrogen (secondary N) is 1. The van der Waals surface area contributed by atoms with Crippen molar-refractivity contribution in [3.8, 4) is 11.5 Å². The van der Waals surface area contributed by atoms with Gasteiger partial charge in [-0.3, -0.25) is 0 Å². The lowest BCUT2D eigenvalue weighted by atomic mass is 9.93. The van der Waals surface area contributed by atoms with Crippen molar-refractivity contribution < 1.29 is 23.4 Å². The van der Waals surface area contributed by atoms with Gasteiger partial charge >= 0.3 is 5.97 Å². The summed E-state index contributed by atoms with van der Waals surface area (Å²) in [5.41, 5.74) is 2.88. The fraction of sp³-hybridized carbons (Fsp3) is 0.346. The Labute approximate surface area is 203 Å². The minimum Gasteiger partial charge on any atom is -0.490 e.